The molecule has 1 spiro atoms. The van der Waals surface area contributed by atoms with Crippen LogP contribution >= 0.6 is 0 Å². The molecule has 20 heavy (non-hydrogen) atoms. The van der Waals surface area contributed by atoms with Crippen molar-refractivity contribution < 1.29 is 0 Å². The first-order chi connectivity index (χ1) is 9.71. The fraction of sp³-hybridized carbons (Fsp3) is 0.812. The third kappa shape index (κ3) is 2.91. The van der Waals surface area contributed by atoms with Crippen molar-refractivity contribution in [2.24, 2.45) is 0 Å². The molecule has 4 nitrogen and oxygen atoms in total. The van der Waals surface area contributed by atoms with Crippen LogP contribution in [0.3, 0.4) is 0 Å². The second-order valence-electron chi connectivity index (χ2n) is 6.57. The number of piperazine rings is 1. The minimum atomic E-state index is 0.405. The predicted octanol–water partition coefficient (Wildman–Crippen LogP) is 2.32. The quantitative estimate of drug-likeness (QED) is 0.920. The lowest BCUT2D eigenvalue weighted by Gasteiger charge is -2.46. The Bertz CT molecular complexity index is 440. The van der Waals surface area contributed by atoms with Gasteiger partial charge in [-0.05, 0) is 32.8 Å². The summed E-state index contributed by atoms with van der Waals surface area (Å²) in [6.07, 6.45) is 6.93. The van der Waals surface area contributed by atoms with E-state index in [0.29, 0.717) is 5.54 Å². The summed E-state index contributed by atoms with van der Waals surface area (Å²) in [6.45, 7) is 9.81. The molecule has 2 aliphatic rings. The number of nitrogens with zero attached hydrogens (tertiary/aromatic N) is 3. The topological polar surface area (TPSA) is 33.1 Å². The van der Waals surface area contributed by atoms with Gasteiger partial charge in [0, 0.05) is 38.3 Å². The second-order valence-corrected chi connectivity index (χ2v) is 6.57. The van der Waals surface area contributed by atoms with E-state index in [4.69, 9.17) is 0 Å². The Morgan fingerprint density at radius 2 is 2.10 bits per heavy atom. The minimum absolute atomic E-state index is 0.405. The molecule has 1 aliphatic heterocycles. The van der Waals surface area contributed by atoms with E-state index in [1.807, 2.05) is 0 Å². The summed E-state index contributed by atoms with van der Waals surface area (Å²) in [6, 6.07) is 2.25. The lowest BCUT2D eigenvalue weighted by molar-refractivity contribution is 0.0925. The zero-order valence-electron chi connectivity index (χ0n) is 13.0. The van der Waals surface area contributed by atoms with Gasteiger partial charge in [0.25, 0.3) is 0 Å². The van der Waals surface area contributed by atoms with Gasteiger partial charge in [-0.3, -0.25) is 9.58 Å². The van der Waals surface area contributed by atoms with Crippen LogP contribution in [-0.2, 0) is 13.1 Å². The molecule has 1 saturated heterocycles. The third-order valence-electron chi connectivity index (χ3n) is 4.94. The van der Waals surface area contributed by atoms with E-state index in [0.717, 1.165) is 31.9 Å². The molecule has 0 bridgehead atoms. The Kier molecular flexibility index (Phi) is 4.13. The molecule has 1 saturated carbocycles. The molecule has 0 radical (unpaired) electrons. The maximum absolute atomic E-state index is 4.57. The van der Waals surface area contributed by atoms with E-state index >= 15 is 0 Å². The van der Waals surface area contributed by atoms with Crippen molar-refractivity contribution in [3.63, 3.8) is 0 Å². The first kappa shape index (κ1) is 14.1. The molecule has 0 aromatic carbocycles. The van der Waals surface area contributed by atoms with Crippen molar-refractivity contribution in [3.05, 3.63) is 17.5 Å². The van der Waals surface area contributed by atoms with Crippen LogP contribution in [-0.4, -0.2) is 39.9 Å². The highest BCUT2D eigenvalue weighted by atomic mass is 15.3. The highest BCUT2D eigenvalue weighted by molar-refractivity contribution is 5.09. The Balaban J connectivity index is 1.67. The molecule has 1 aliphatic carbocycles. The Labute approximate surface area is 122 Å². The maximum atomic E-state index is 4.57. The van der Waals surface area contributed by atoms with Gasteiger partial charge in [-0.15, -0.1) is 0 Å². The van der Waals surface area contributed by atoms with Gasteiger partial charge in [0.15, 0.2) is 0 Å². The monoisotopic (exact) mass is 276 g/mol. The van der Waals surface area contributed by atoms with E-state index in [-0.39, 0.29) is 0 Å². The SMILES string of the molecule is CCn1nc(C)cc1CN1CCNC2(CCCCC2)C1. The van der Waals surface area contributed by atoms with Crippen molar-refractivity contribution in [1.29, 1.82) is 0 Å². The van der Waals surface area contributed by atoms with E-state index in [9.17, 15) is 0 Å². The van der Waals surface area contributed by atoms with Gasteiger partial charge in [0.05, 0.1) is 11.4 Å². The van der Waals surface area contributed by atoms with Gasteiger partial charge in [-0.2, -0.15) is 5.10 Å². The van der Waals surface area contributed by atoms with Crippen molar-refractivity contribution >= 4 is 0 Å². The first-order valence-corrected chi connectivity index (χ1v) is 8.21. The van der Waals surface area contributed by atoms with Gasteiger partial charge < -0.3 is 5.32 Å². The molecule has 1 N–H and O–H groups in total. The summed E-state index contributed by atoms with van der Waals surface area (Å²) in [5.41, 5.74) is 2.92. The number of nitrogens with one attached hydrogen (secondary N) is 1. The molecule has 0 amide bonds. The summed E-state index contributed by atoms with van der Waals surface area (Å²) < 4.78 is 2.16. The van der Waals surface area contributed by atoms with Gasteiger partial charge in [0.1, 0.15) is 0 Å². The summed E-state index contributed by atoms with van der Waals surface area (Å²) in [5, 5.41) is 8.39. The molecular weight excluding hydrogens is 248 g/mol. The van der Waals surface area contributed by atoms with E-state index in [2.05, 4.69) is 39.9 Å². The Hall–Kier alpha value is -0.870. The van der Waals surface area contributed by atoms with Crippen LogP contribution in [0.5, 0.6) is 0 Å². The lowest BCUT2D eigenvalue weighted by atomic mass is 9.80. The predicted molar refractivity (Wildman–Crippen MR) is 81.7 cm³/mol. The van der Waals surface area contributed by atoms with Crippen LogP contribution in [0.15, 0.2) is 6.07 Å². The smallest absolute Gasteiger partial charge is 0.0597 e. The number of hydrogen-bond donors (Lipinski definition) is 1. The minimum Gasteiger partial charge on any atom is -0.309 e. The van der Waals surface area contributed by atoms with Crippen molar-refractivity contribution in [1.82, 2.24) is 20.0 Å². The molecule has 0 unspecified atom stereocenters. The van der Waals surface area contributed by atoms with Crippen LogP contribution in [0.2, 0.25) is 0 Å². The zero-order chi connectivity index (χ0) is 14.0. The fourth-order valence-electron chi connectivity index (χ4n) is 3.97. The molecular formula is C16H28N4. The van der Waals surface area contributed by atoms with Crippen LogP contribution in [0.1, 0.15) is 50.4 Å². The van der Waals surface area contributed by atoms with Gasteiger partial charge in [0.2, 0.25) is 0 Å². The fourth-order valence-corrected chi connectivity index (χ4v) is 3.97. The van der Waals surface area contributed by atoms with Crippen LogP contribution in [0, 0.1) is 6.92 Å². The summed E-state index contributed by atoms with van der Waals surface area (Å²) in [4.78, 5) is 2.63. The maximum Gasteiger partial charge on any atom is 0.0597 e. The molecule has 0 atom stereocenters. The van der Waals surface area contributed by atoms with Gasteiger partial charge in [-0.1, -0.05) is 19.3 Å². The number of hydrogen-bond acceptors (Lipinski definition) is 3. The average Bonchev–Trinajstić information content (AvgIpc) is 2.80. The summed E-state index contributed by atoms with van der Waals surface area (Å²) in [5.74, 6) is 0. The van der Waals surface area contributed by atoms with Crippen molar-refractivity contribution in [3.8, 4) is 0 Å². The molecule has 1 aromatic heterocycles. The van der Waals surface area contributed by atoms with E-state index in [1.54, 1.807) is 0 Å². The van der Waals surface area contributed by atoms with Crippen molar-refractivity contribution in [2.75, 3.05) is 19.6 Å². The van der Waals surface area contributed by atoms with Crippen LogP contribution in [0.25, 0.3) is 0 Å². The zero-order valence-corrected chi connectivity index (χ0v) is 13.0. The van der Waals surface area contributed by atoms with E-state index < -0.39 is 0 Å². The number of rotatable bonds is 3. The lowest BCUT2D eigenvalue weighted by Crippen LogP contribution is -2.60. The average molecular weight is 276 g/mol. The van der Waals surface area contributed by atoms with Crippen LogP contribution < -0.4 is 5.32 Å². The normalized spacial score (nSPS) is 23.3. The molecule has 1 aromatic rings. The van der Waals surface area contributed by atoms with E-state index in [1.165, 1.54) is 44.3 Å². The van der Waals surface area contributed by atoms with Gasteiger partial charge >= 0.3 is 0 Å². The second kappa shape index (κ2) is 5.86. The molecule has 3 rings (SSSR count). The van der Waals surface area contributed by atoms with Crippen LogP contribution in [0.4, 0.5) is 0 Å². The number of aryl methyl sites for hydroxylation is 2. The highest BCUT2D eigenvalue weighted by Crippen LogP contribution is 2.31. The molecule has 112 valence electrons. The van der Waals surface area contributed by atoms with Crippen molar-refractivity contribution in [2.45, 2.75) is 64.6 Å². The van der Waals surface area contributed by atoms with Gasteiger partial charge in [-0.25, -0.2) is 0 Å². The largest absolute Gasteiger partial charge is 0.309 e. The molecule has 4 heteroatoms. The third-order valence-corrected chi connectivity index (χ3v) is 4.94. The molecule has 2 fully saturated rings. The molecule has 2 heterocycles. The summed E-state index contributed by atoms with van der Waals surface area (Å²) >= 11 is 0. The number of aromatic nitrogens is 2. The standard InChI is InChI=1S/C16H28N4/c1-3-20-15(11-14(2)18-20)12-19-10-9-17-16(13-19)7-5-4-6-8-16/h11,17H,3-10,12-13H2,1-2H3. The first-order valence-electron chi connectivity index (χ1n) is 8.21. The Morgan fingerprint density at radius 3 is 2.85 bits per heavy atom. The Morgan fingerprint density at radius 1 is 1.30 bits per heavy atom. The highest BCUT2D eigenvalue weighted by Gasteiger charge is 2.36. The summed E-state index contributed by atoms with van der Waals surface area (Å²) in [7, 11) is 0.